The fourth-order valence-electron chi connectivity index (χ4n) is 2.42. The summed E-state index contributed by atoms with van der Waals surface area (Å²) >= 11 is 0. The van der Waals surface area contributed by atoms with Crippen LogP contribution in [0.2, 0.25) is 0 Å². The molecule has 0 aliphatic rings. The molecule has 0 amide bonds. The molecule has 0 unspecified atom stereocenters. The summed E-state index contributed by atoms with van der Waals surface area (Å²) < 4.78 is 11.6. The Hall–Kier alpha value is -2.89. The standard InChI is InChI=1S/C16H14N2O4/c1-10-15-11(8-13(19)21-2)9-14(20)22-16(15)18(17-10)12-6-4-3-5-7-12/h3-7,9H,8H2,1-2H3. The second-order valence-corrected chi connectivity index (χ2v) is 4.86. The topological polar surface area (TPSA) is 74.3 Å². The number of nitrogens with zero attached hydrogens (tertiary/aromatic N) is 2. The van der Waals surface area contributed by atoms with Gasteiger partial charge in [0, 0.05) is 6.07 Å². The molecule has 0 saturated heterocycles. The third-order valence-corrected chi connectivity index (χ3v) is 3.39. The van der Waals surface area contributed by atoms with Crippen LogP contribution < -0.4 is 5.63 Å². The van der Waals surface area contributed by atoms with Crippen molar-refractivity contribution in [2.24, 2.45) is 0 Å². The van der Waals surface area contributed by atoms with Gasteiger partial charge in [0.25, 0.3) is 0 Å². The lowest BCUT2D eigenvalue weighted by molar-refractivity contribution is -0.139. The Kier molecular flexibility index (Phi) is 3.50. The van der Waals surface area contributed by atoms with Gasteiger partial charge in [0.05, 0.1) is 30.3 Å². The van der Waals surface area contributed by atoms with Crippen LogP contribution in [0.1, 0.15) is 11.3 Å². The van der Waals surface area contributed by atoms with E-state index in [0.717, 1.165) is 5.69 Å². The normalized spacial score (nSPS) is 10.8. The molecule has 0 atom stereocenters. The van der Waals surface area contributed by atoms with E-state index in [0.29, 0.717) is 22.4 Å². The van der Waals surface area contributed by atoms with Crippen molar-refractivity contribution in [2.45, 2.75) is 13.3 Å². The number of aryl methyl sites for hydroxylation is 1. The second-order valence-electron chi connectivity index (χ2n) is 4.86. The quantitative estimate of drug-likeness (QED) is 0.691. The Morgan fingerprint density at radius 2 is 2.05 bits per heavy atom. The number of benzene rings is 1. The van der Waals surface area contributed by atoms with Crippen LogP contribution in [0.3, 0.4) is 0 Å². The van der Waals surface area contributed by atoms with Gasteiger partial charge in [0.1, 0.15) is 0 Å². The fraction of sp³-hybridized carbons (Fsp3) is 0.188. The first-order valence-corrected chi connectivity index (χ1v) is 6.74. The number of ether oxygens (including phenoxy) is 1. The number of para-hydroxylation sites is 1. The van der Waals surface area contributed by atoms with Crippen molar-refractivity contribution in [3.8, 4) is 5.69 Å². The molecule has 0 aliphatic heterocycles. The number of carbonyl (C=O) groups excluding carboxylic acids is 1. The molecule has 6 heteroatoms. The summed E-state index contributed by atoms with van der Waals surface area (Å²) in [6, 6.07) is 10.7. The summed E-state index contributed by atoms with van der Waals surface area (Å²) in [6.07, 6.45) is -0.0000764. The van der Waals surface area contributed by atoms with E-state index in [1.165, 1.54) is 13.2 Å². The van der Waals surface area contributed by atoms with Crippen molar-refractivity contribution in [1.29, 1.82) is 0 Å². The van der Waals surface area contributed by atoms with E-state index in [4.69, 9.17) is 4.42 Å². The number of fused-ring (bicyclic) bond motifs is 1. The Labute approximate surface area is 125 Å². The first-order chi connectivity index (χ1) is 10.6. The number of methoxy groups -OCH3 is 1. The van der Waals surface area contributed by atoms with E-state index in [1.54, 1.807) is 4.68 Å². The van der Waals surface area contributed by atoms with Crippen molar-refractivity contribution in [2.75, 3.05) is 7.11 Å². The van der Waals surface area contributed by atoms with E-state index < -0.39 is 11.6 Å². The smallest absolute Gasteiger partial charge is 0.337 e. The van der Waals surface area contributed by atoms with Crippen molar-refractivity contribution < 1.29 is 13.9 Å². The lowest BCUT2D eigenvalue weighted by Crippen LogP contribution is -2.09. The molecule has 0 N–H and O–H groups in total. The van der Waals surface area contributed by atoms with Crippen LogP contribution in [0.15, 0.2) is 45.6 Å². The molecule has 0 fully saturated rings. The molecular weight excluding hydrogens is 284 g/mol. The van der Waals surface area contributed by atoms with E-state index in [2.05, 4.69) is 9.84 Å². The molecule has 3 aromatic rings. The third-order valence-electron chi connectivity index (χ3n) is 3.39. The maximum absolute atomic E-state index is 11.8. The minimum absolute atomic E-state index is 0.0000764. The average Bonchev–Trinajstić information content (AvgIpc) is 2.85. The molecule has 112 valence electrons. The summed E-state index contributed by atoms with van der Waals surface area (Å²) in [5, 5.41) is 5.09. The number of hydrogen-bond donors (Lipinski definition) is 0. The van der Waals surface area contributed by atoms with Crippen LogP contribution in [-0.2, 0) is 16.0 Å². The summed E-state index contributed by atoms with van der Waals surface area (Å²) in [4.78, 5) is 23.3. The Morgan fingerprint density at radius 3 is 2.73 bits per heavy atom. The van der Waals surface area contributed by atoms with Gasteiger partial charge in [-0.25, -0.2) is 4.79 Å². The zero-order chi connectivity index (χ0) is 15.7. The first-order valence-electron chi connectivity index (χ1n) is 6.74. The molecule has 0 spiro atoms. The zero-order valence-corrected chi connectivity index (χ0v) is 12.2. The summed E-state index contributed by atoms with van der Waals surface area (Å²) in [6.45, 7) is 1.81. The van der Waals surface area contributed by atoms with Gasteiger partial charge in [0.15, 0.2) is 0 Å². The first kappa shape index (κ1) is 14.1. The second kappa shape index (κ2) is 5.48. The zero-order valence-electron chi connectivity index (χ0n) is 12.2. The summed E-state index contributed by atoms with van der Waals surface area (Å²) in [5.41, 5.74) is 1.82. The number of carbonyl (C=O) groups is 1. The molecule has 6 nitrogen and oxygen atoms in total. The van der Waals surface area contributed by atoms with Crippen molar-refractivity contribution in [3.05, 3.63) is 58.1 Å². The van der Waals surface area contributed by atoms with Gasteiger partial charge in [-0.2, -0.15) is 9.78 Å². The van der Waals surface area contributed by atoms with Crippen LogP contribution >= 0.6 is 0 Å². The third kappa shape index (κ3) is 2.39. The predicted octanol–water partition coefficient (Wildman–Crippen LogP) is 2.00. The number of rotatable bonds is 3. The van der Waals surface area contributed by atoms with Gasteiger partial charge in [0.2, 0.25) is 5.71 Å². The van der Waals surface area contributed by atoms with E-state index in [-0.39, 0.29) is 6.42 Å². The maximum Gasteiger partial charge on any atom is 0.337 e. The Morgan fingerprint density at radius 1 is 1.32 bits per heavy atom. The van der Waals surface area contributed by atoms with Crippen molar-refractivity contribution in [3.63, 3.8) is 0 Å². The van der Waals surface area contributed by atoms with Crippen LogP contribution in [-0.4, -0.2) is 22.9 Å². The van der Waals surface area contributed by atoms with Gasteiger partial charge >= 0.3 is 11.6 Å². The summed E-state index contributed by atoms with van der Waals surface area (Å²) in [7, 11) is 1.31. The lowest BCUT2D eigenvalue weighted by Gasteiger charge is -2.03. The molecule has 2 heterocycles. The van der Waals surface area contributed by atoms with E-state index in [9.17, 15) is 9.59 Å². The number of hydrogen-bond acceptors (Lipinski definition) is 5. The van der Waals surface area contributed by atoms with Crippen molar-refractivity contribution in [1.82, 2.24) is 9.78 Å². The molecule has 1 aromatic carbocycles. The van der Waals surface area contributed by atoms with Gasteiger partial charge in [-0.1, -0.05) is 18.2 Å². The molecule has 0 saturated carbocycles. The van der Waals surface area contributed by atoms with Gasteiger partial charge < -0.3 is 9.15 Å². The van der Waals surface area contributed by atoms with Crippen LogP contribution in [0.4, 0.5) is 0 Å². The SMILES string of the molecule is COC(=O)Cc1cc(=O)oc2c1c(C)nn2-c1ccccc1. The Balaban J connectivity index is 2.26. The molecule has 2 aromatic heterocycles. The minimum Gasteiger partial charge on any atom is -0.469 e. The largest absolute Gasteiger partial charge is 0.469 e. The highest BCUT2D eigenvalue weighted by Crippen LogP contribution is 2.24. The number of esters is 1. The Bertz CT molecular complexity index is 894. The van der Waals surface area contributed by atoms with Gasteiger partial charge in [-0.3, -0.25) is 4.79 Å². The number of aromatic nitrogens is 2. The summed E-state index contributed by atoms with van der Waals surface area (Å²) in [5.74, 6) is -0.418. The molecule has 22 heavy (non-hydrogen) atoms. The fourth-order valence-corrected chi connectivity index (χ4v) is 2.42. The molecule has 3 rings (SSSR count). The average molecular weight is 298 g/mol. The van der Waals surface area contributed by atoms with E-state index in [1.807, 2.05) is 37.3 Å². The lowest BCUT2D eigenvalue weighted by atomic mass is 10.1. The maximum atomic E-state index is 11.8. The van der Waals surface area contributed by atoms with Gasteiger partial charge in [-0.05, 0) is 24.6 Å². The minimum atomic E-state index is -0.525. The predicted molar refractivity (Wildman–Crippen MR) is 80.1 cm³/mol. The molecule has 0 bridgehead atoms. The van der Waals surface area contributed by atoms with Gasteiger partial charge in [-0.15, -0.1) is 0 Å². The highest BCUT2D eigenvalue weighted by Gasteiger charge is 2.18. The monoisotopic (exact) mass is 298 g/mol. The van der Waals surface area contributed by atoms with Crippen LogP contribution in [0, 0.1) is 6.92 Å². The van der Waals surface area contributed by atoms with Crippen molar-refractivity contribution >= 4 is 17.1 Å². The van der Waals surface area contributed by atoms with E-state index >= 15 is 0 Å². The molecular formula is C16H14N2O4. The van der Waals surface area contributed by atoms with Crippen LogP contribution in [0.25, 0.3) is 16.8 Å². The highest BCUT2D eigenvalue weighted by molar-refractivity contribution is 5.86. The molecule has 0 radical (unpaired) electrons. The van der Waals surface area contributed by atoms with Crippen LogP contribution in [0.5, 0.6) is 0 Å². The molecule has 0 aliphatic carbocycles. The highest BCUT2D eigenvalue weighted by atomic mass is 16.5.